The Bertz CT molecular complexity index is 430. The molecular formula is C14H24ClN5. The van der Waals surface area contributed by atoms with Crippen molar-refractivity contribution in [2.24, 2.45) is 11.8 Å². The number of hydrogen-bond acceptors (Lipinski definition) is 5. The summed E-state index contributed by atoms with van der Waals surface area (Å²) in [7, 11) is 4.28. The maximum atomic E-state index is 6.21. The molecule has 0 amide bonds. The Balaban J connectivity index is 1.89. The van der Waals surface area contributed by atoms with Gasteiger partial charge in [0.25, 0.3) is 0 Å². The molecule has 1 fully saturated rings. The molecule has 0 saturated carbocycles. The molecule has 0 bridgehead atoms. The molecule has 5 nitrogen and oxygen atoms in total. The number of halogens is 1. The largest absolute Gasteiger partial charge is 0.309 e. The van der Waals surface area contributed by atoms with E-state index in [4.69, 9.17) is 17.4 Å². The number of nitrogens with one attached hydrogen (secondary N) is 1. The summed E-state index contributed by atoms with van der Waals surface area (Å²) in [5.74, 6) is 6.86. The standard InChI is InChI=1S/C14H24ClN5/c1-19(2)9-11-5-7-20(8-6-11)10-13-12(15)3-4-14(17-13)18-16/h3-4,11H,5-10,16H2,1-2H3,(H,17,18). The lowest BCUT2D eigenvalue weighted by Crippen LogP contribution is -2.36. The summed E-state index contributed by atoms with van der Waals surface area (Å²) in [6.07, 6.45) is 2.48. The predicted octanol–water partition coefficient (Wildman–Crippen LogP) is 1.79. The van der Waals surface area contributed by atoms with Gasteiger partial charge in [-0.15, -0.1) is 0 Å². The third-order valence-electron chi connectivity index (χ3n) is 3.77. The number of likely N-dealkylation sites (tertiary alicyclic amines) is 1. The van der Waals surface area contributed by atoms with Crippen LogP contribution in [0.5, 0.6) is 0 Å². The Morgan fingerprint density at radius 1 is 1.40 bits per heavy atom. The molecule has 0 aliphatic carbocycles. The zero-order chi connectivity index (χ0) is 14.5. The van der Waals surface area contributed by atoms with Crippen molar-refractivity contribution in [3.63, 3.8) is 0 Å². The minimum atomic E-state index is 0.659. The van der Waals surface area contributed by atoms with Gasteiger partial charge in [0.2, 0.25) is 0 Å². The van der Waals surface area contributed by atoms with Gasteiger partial charge in [0.15, 0.2) is 0 Å². The Hall–Kier alpha value is -0.880. The molecule has 1 saturated heterocycles. The predicted molar refractivity (Wildman–Crippen MR) is 83.6 cm³/mol. The lowest BCUT2D eigenvalue weighted by molar-refractivity contribution is 0.155. The highest BCUT2D eigenvalue weighted by Gasteiger charge is 2.20. The van der Waals surface area contributed by atoms with Crippen molar-refractivity contribution in [3.05, 3.63) is 22.8 Å². The third-order valence-corrected chi connectivity index (χ3v) is 4.11. The zero-order valence-electron chi connectivity index (χ0n) is 12.3. The van der Waals surface area contributed by atoms with Gasteiger partial charge in [-0.05, 0) is 58.1 Å². The van der Waals surface area contributed by atoms with Crippen LogP contribution < -0.4 is 11.3 Å². The summed E-state index contributed by atoms with van der Waals surface area (Å²) < 4.78 is 0. The fourth-order valence-corrected chi connectivity index (χ4v) is 2.90. The number of nitrogens with zero attached hydrogens (tertiary/aromatic N) is 3. The van der Waals surface area contributed by atoms with E-state index in [0.29, 0.717) is 10.8 Å². The van der Waals surface area contributed by atoms with Gasteiger partial charge < -0.3 is 10.3 Å². The second-order valence-electron chi connectivity index (χ2n) is 5.75. The van der Waals surface area contributed by atoms with E-state index in [1.54, 1.807) is 6.07 Å². The molecule has 20 heavy (non-hydrogen) atoms. The number of nitrogen functional groups attached to an aromatic ring is 1. The molecule has 2 rings (SSSR count). The number of aromatic nitrogens is 1. The SMILES string of the molecule is CN(C)CC1CCN(Cc2nc(NN)ccc2Cl)CC1. The number of nitrogens with two attached hydrogens (primary N) is 1. The first-order valence-corrected chi connectivity index (χ1v) is 7.45. The Morgan fingerprint density at radius 3 is 2.70 bits per heavy atom. The summed E-state index contributed by atoms with van der Waals surface area (Å²) in [4.78, 5) is 9.12. The van der Waals surface area contributed by atoms with Crippen LogP contribution in [0, 0.1) is 5.92 Å². The fraction of sp³-hybridized carbons (Fsp3) is 0.643. The fourth-order valence-electron chi connectivity index (χ4n) is 2.73. The summed E-state index contributed by atoms with van der Waals surface area (Å²) in [6, 6.07) is 3.63. The van der Waals surface area contributed by atoms with Gasteiger partial charge in [0.05, 0.1) is 10.7 Å². The van der Waals surface area contributed by atoms with E-state index in [2.05, 4.69) is 34.3 Å². The molecule has 1 aromatic rings. The second-order valence-corrected chi connectivity index (χ2v) is 6.16. The first-order chi connectivity index (χ1) is 9.58. The quantitative estimate of drug-likeness (QED) is 0.641. The zero-order valence-corrected chi connectivity index (χ0v) is 13.0. The summed E-state index contributed by atoms with van der Waals surface area (Å²) >= 11 is 6.21. The van der Waals surface area contributed by atoms with Gasteiger partial charge in [-0.1, -0.05) is 11.6 Å². The van der Waals surface area contributed by atoms with Crippen molar-refractivity contribution in [1.82, 2.24) is 14.8 Å². The maximum Gasteiger partial charge on any atom is 0.140 e. The lowest BCUT2D eigenvalue weighted by atomic mass is 9.96. The van der Waals surface area contributed by atoms with Gasteiger partial charge in [-0.25, -0.2) is 10.8 Å². The van der Waals surface area contributed by atoms with Crippen molar-refractivity contribution in [3.8, 4) is 0 Å². The van der Waals surface area contributed by atoms with E-state index in [1.165, 1.54) is 19.4 Å². The lowest BCUT2D eigenvalue weighted by Gasteiger charge is -2.33. The first-order valence-electron chi connectivity index (χ1n) is 7.07. The minimum absolute atomic E-state index is 0.659. The number of hydrogen-bond donors (Lipinski definition) is 2. The monoisotopic (exact) mass is 297 g/mol. The van der Waals surface area contributed by atoms with Crippen molar-refractivity contribution in [2.45, 2.75) is 19.4 Å². The molecule has 6 heteroatoms. The normalized spacial score (nSPS) is 17.6. The van der Waals surface area contributed by atoms with Gasteiger partial charge in [0, 0.05) is 13.1 Å². The van der Waals surface area contributed by atoms with E-state index in [1.807, 2.05) is 6.07 Å². The Labute approximate surface area is 126 Å². The highest BCUT2D eigenvalue weighted by atomic mass is 35.5. The molecule has 0 radical (unpaired) electrons. The van der Waals surface area contributed by atoms with Crippen molar-refractivity contribution in [1.29, 1.82) is 0 Å². The van der Waals surface area contributed by atoms with Gasteiger partial charge in [-0.3, -0.25) is 4.90 Å². The van der Waals surface area contributed by atoms with Crippen LogP contribution in [0.1, 0.15) is 18.5 Å². The number of rotatable bonds is 5. The van der Waals surface area contributed by atoms with E-state index in [9.17, 15) is 0 Å². The van der Waals surface area contributed by atoms with Gasteiger partial charge >= 0.3 is 0 Å². The van der Waals surface area contributed by atoms with Crippen LogP contribution in [0.25, 0.3) is 0 Å². The molecule has 0 aromatic carbocycles. The second kappa shape index (κ2) is 7.22. The van der Waals surface area contributed by atoms with E-state index >= 15 is 0 Å². The molecule has 1 aromatic heterocycles. The van der Waals surface area contributed by atoms with Crippen LogP contribution in [-0.4, -0.2) is 48.5 Å². The van der Waals surface area contributed by atoms with Crippen molar-refractivity contribution < 1.29 is 0 Å². The van der Waals surface area contributed by atoms with Gasteiger partial charge in [-0.2, -0.15) is 0 Å². The Morgan fingerprint density at radius 2 is 2.10 bits per heavy atom. The molecule has 0 spiro atoms. The van der Waals surface area contributed by atoms with Crippen molar-refractivity contribution >= 4 is 17.4 Å². The molecule has 0 atom stereocenters. The minimum Gasteiger partial charge on any atom is -0.309 e. The summed E-state index contributed by atoms with van der Waals surface area (Å²) in [5.41, 5.74) is 3.46. The Kier molecular flexibility index (Phi) is 5.60. The smallest absolute Gasteiger partial charge is 0.140 e. The number of pyridine rings is 1. The van der Waals surface area contributed by atoms with Crippen molar-refractivity contribution in [2.75, 3.05) is 39.2 Å². The highest BCUT2D eigenvalue weighted by molar-refractivity contribution is 6.31. The van der Waals surface area contributed by atoms with E-state index < -0.39 is 0 Å². The third kappa shape index (κ3) is 4.31. The van der Waals surface area contributed by atoms with Crippen LogP contribution in [0.15, 0.2) is 12.1 Å². The maximum absolute atomic E-state index is 6.21. The molecule has 0 unspecified atom stereocenters. The number of piperidine rings is 1. The van der Waals surface area contributed by atoms with Crippen LogP contribution in [0.3, 0.4) is 0 Å². The van der Waals surface area contributed by atoms with Crippen LogP contribution >= 0.6 is 11.6 Å². The molecular weight excluding hydrogens is 274 g/mol. The van der Waals surface area contributed by atoms with E-state index in [0.717, 1.165) is 31.2 Å². The summed E-state index contributed by atoms with van der Waals surface area (Å²) in [5, 5.41) is 0.708. The summed E-state index contributed by atoms with van der Waals surface area (Å²) in [6.45, 7) is 4.19. The topological polar surface area (TPSA) is 57.4 Å². The molecule has 1 aliphatic rings. The van der Waals surface area contributed by atoms with Gasteiger partial charge in [0.1, 0.15) is 5.82 Å². The average Bonchev–Trinajstić information content (AvgIpc) is 2.43. The van der Waals surface area contributed by atoms with Crippen LogP contribution in [0.2, 0.25) is 5.02 Å². The average molecular weight is 298 g/mol. The van der Waals surface area contributed by atoms with Crippen LogP contribution in [-0.2, 0) is 6.54 Å². The molecule has 3 N–H and O–H groups in total. The molecule has 1 aliphatic heterocycles. The molecule has 112 valence electrons. The van der Waals surface area contributed by atoms with E-state index in [-0.39, 0.29) is 0 Å². The highest BCUT2D eigenvalue weighted by Crippen LogP contribution is 2.22. The first kappa shape index (κ1) is 15.5. The van der Waals surface area contributed by atoms with Crippen LogP contribution in [0.4, 0.5) is 5.82 Å². The number of hydrazine groups is 1. The molecule has 2 heterocycles. The number of anilines is 1.